The number of rotatable bonds is 2. The normalized spacial score (nSPS) is 10.8. The summed E-state index contributed by atoms with van der Waals surface area (Å²) in [4.78, 5) is 4.17. The molecular formula is C8H10N4OS. The van der Waals surface area contributed by atoms with Gasteiger partial charge in [-0.15, -0.1) is 10.2 Å². The van der Waals surface area contributed by atoms with Gasteiger partial charge in [-0.1, -0.05) is 11.3 Å². The van der Waals surface area contributed by atoms with Crippen LogP contribution in [-0.4, -0.2) is 24.9 Å². The molecule has 0 aliphatic rings. The van der Waals surface area contributed by atoms with E-state index in [4.69, 9.17) is 5.11 Å². The first-order valence-electron chi connectivity index (χ1n) is 4.16. The number of aromatic nitrogens is 4. The van der Waals surface area contributed by atoms with Crippen molar-refractivity contribution in [3.05, 3.63) is 22.7 Å². The van der Waals surface area contributed by atoms with Crippen molar-refractivity contribution >= 4 is 11.3 Å². The van der Waals surface area contributed by atoms with Gasteiger partial charge in [0.25, 0.3) is 0 Å². The zero-order chi connectivity index (χ0) is 10.1. The van der Waals surface area contributed by atoms with Crippen LogP contribution in [0.3, 0.4) is 0 Å². The number of aryl methyl sites for hydroxylation is 1. The van der Waals surface area contributed by atoms with E-state index < -0.39 is 0 Å². The minimum atomic E-state index is -0.0651. The van der Waals surface area contributed by atoms with E-state index in [1.165, 1.54) is 11.3 Å². The lowest BCUT2D eigenvalue weighted by Gasteiger charge is -1.97. The van der Waals surface area contributed by atoms with Crippen LogP contribution in [0.15, 0.2) is 6.33 Å². The van der Waals surface area contributed by atoms with Crippen LogP contribution in [0.4, 0.5) is 0 Å². The third kappa shape index (κ3) is 1.42. The molecule has 2 aromatic rings. The first-order valence-corrected chi connectivity index (χ1v) is 4.98. The fourth-order valence-corrected chi connectivity index (χ4v) is 1.82. The summed E-state index contributed by atoms with van der Waals surface area (Å²) in [7, 11) is 0. The van der Waals surface area contributed by atoms with Gasteiger partial charge in [-0.2, -0.15) is 0 Å². The van der Waals surface area contributed by atoms with Gasteiger partial charge in [-0.05, 0) is 13.8 Å². The summed E-state index contributed by atoms with van der Waals surface area (Å²) in [5.41, 5.74) is 2.02. The van der Waals surface area contributed by atoms with Crippen LogP contribution in [0.2, 0.25) is 0 Å². The van der Waals surface area contributed by atoms with Gasteiger partial charge >= 0.3 is 0 Å². The molecule has 0 unspecified atom stereocenters. The van der Waals surface area contributed by atoms with Gasteiger partial charge in [0.15, 0.2) is 0 Å². The maximum Gasteiger partial charge on any atom is 0.217 e. The number of hydrogen-bond donors (Lipinski definition) is 1. The summed E-state index contributed by atoms with van der Waals surface area (Å²) in [6.45, 7) is 3.85. The zero-order valence-electron chi connectivity index (χ0n) is 7.93. The molecule has 2 aromatic heterocycles. The van der Waals surface area contributed by atoms with Crippen molar-refractivity contribution in [2.45, 2.75) is 20.5 Å². The highest BCUT2D eigenvalue weighted by Gasteiger charge is 2.09. The standard InChI is InChI=1S/C8H10N4OS/c1-5-6(2)12(4-9-5)8-11-10-7(3-13)14-8/h4,13H,3H2,1-2H3. The van der Waals surface area contributed by atoms with Crippen molar-refractivity contribution in [3.8, 4) is 5.13 Å². The number of aliphatic hydroxyl groups is 1. The van der Waals surface area contributed by atoms with Crippen molar-refractivity contribution in [2.24, 2.45) is 0 Å². The minimum Gasteiger partial charge on any atom is -0.389 e. The van der Waals surface area contributed by atoms with Crippen molar-refractivity contribution in [1.82, 2.24) is 19.7 Å². The molecule has 5 nitrogen and oxygen atoms in total. The lowest BCUT2D eigenvalue weighted by molar-refractivity contribution is 0.280. The van der Waals surface area contributed by atoms with E-state index >= 15 is 0 Å². The highest BCUT2D eigenvalue weighted by molar-refractivity contribution is 7.13. The Kier molecular flexibility index (Phi) is 2.30. The molecule has 1 N–H and O–H groups in total. The highest BCUT2D eigenvalue weighted by Crippen LogP contribution is 2.17. The average molecular weight is 210 g/mol. The molecule has 0 amide bonds. The molecule has 14 heavy (non-hydrogen) atoms. The maximum atomic E-state index is 8.86. The third-order valence-corrected chi connectivity index (χ3v) is 2.96. The summed E-state index contributed by atoms with van der Waals surface area (Å²) in [5.74, 6) is 0. The molecule has 0 bridgehead atoms. The molecule has 0 saturated carbocycles. The lowest BCUT2D eigenvalue weighted by atomic mass is 10.4. The minimum absolute atomic E-state index is 0.0651. The fourth-order valence-electron chi connectivity index (χ4n) is 1.10. The Morgan fingerprint density at radius 1 is 1.43 bits per heavy atom. The monoisotopic (exact) mass is 210 g/mol. The Bertz CT molecular complexity index is 448. The molecule has 6 heteroatoms. The lowest BCUT2D eigenvalue weighted by Crippen LogP contribution is -1.94. The molecule has 74 valence electrons. The van der Waals surface area contributed by atoms with Crippen LogP contribution in [-0.2, 0) is 6.61 Å². The van der Waals surface area contributed by atoms with E-state index in [2.05, 4.69) is 15.2 Å². The predicted molar refractivity (Wildman–Crippen MR) is 52.4 cm³/mol. The van der Waals surface area contributed by atoms with Crippen LogP contribution >= 0.6 is 11.3 Å². The maximum absolute atomic E-state index is 8.86. The van der Waals surface area contributed by atoms with Crippen LogP contribution < -0.4 is 0 Å². The summed E-state index contributed by atoms with van der Waals surface area (Å²) in [5, 5.41) is 18.0. The second-order valence-electron chi connectivity index (χ2n) is 2.92. The van der Waals surface area contributed by atoms with E-state index in [-0.39, 0.29) is 6.61 Å². The first kappa shape index (κ1) is 9.29. The summed E-state index contributed by atoms with van der Waals surface area (Å²) in [6.07, 6.45) is 1.71. The Labute approximate surface area is 85.1 Å². The number of hydrogen-bond acceptors (Lipinski definition) is 5. The molecule has 0 aliphatic heterocycles. The van der Waals surface area contributed by atoms with Gasteiger partial charge in [0.2, 0.25) is 5.13 Å². The molecule has 0 saturated heterocycles. The average Bonchev–Trinajstić information content (AvgIpc) is 2.75. The van der Waals surface area contributed by atoms with Gasteiger partial charge in [0, 0.05) is 5.69 Å². The fraction of sp³-hybridized carbons (Fsp3) is 0.375. The van der Waals surface area contributed by atoms with Gasteiger partial charge in [0.05, 0.1) is 12.3 Å². The van der Waals surface area contributed by atoms with Crippen LogP contribution in [0, 0.1) is 13.8 Å². The summed E-state index contributed by atoms with van der Waals surface area (Å²) >= 11 is 1.36. The van der Waals surface area contributed by atoms with Crippen molar-refractivity contribution in [2.75, 3.05) is 0 Å². The van der Waals surface area contributed by atoms with Gasteiger partial charge in [-0.3, -0.25) is 4.57 Å². The second kappa shape index (κ2) is 3.47. The topological polar surface area (TPSA) is 63.8 Å². The molecule has 0 atom stereocenters. The zero-order valence-corrected chi connectivity index (χ0v) is 8.75. The number of imidazole rings is 1. The SMILES string of the molecule is Cc1ncn(-c2nnc(CO)s2)c1C. The van der Waals surface area contributed by atoms with E-state index in [0.29, 0.717) is 5.01 Å². The summed E-state index contributed by atoms with van der Waals surface area (Å²) < 4.78 is 1.87. The molecule has 0 aromatic carbocycles. The molecule has 0 radical (unpaired) electrons. The van der Waals surface area contributed by atoms with Gasteiger partial charge in [-0.25, -0.2) is 4.98 Å². The quantitative estimate of drug-likeness (QED) is 0.797. The Morgan fingerprint density at radius 3 is 2.71 bits per heavy atom. The molecule has 0 spiro atoms. The van der Waals surface area contributed by atoms with E-state index in [1.54, 1.807) is 6.33 Å². The van der Waals surface area contributed by atoms with Crippen molar-refractivity contribution in [3.63, 3.8) is 0 Å². The molecular weight excluding hydrogens is 200 g/mol. The molecule has 2 rings (SSSR count). The van der Waals surface area contributed by atoms with Crippen LogP contribution in [0.25, 0.3) is 5.13 Å². The van der Waals surface area contributed by atoms with Crippen LogP contribution in [0.1, 0.15) is 16.4 Å². The van der Waals surface area contributed by atoms with Gasteiger partial charge in [0.1, 0.15) is 11.3 Å². The first-order chi connectivity index (χ1) is 6.72. The second-order valence-corrected chi connectivity index (χ2v) is 3.96. The van der Waals surface area contributed by atoms with Crippen LogP contribution in [0.5, 0.6) is 0 Å². The third-order valence-electron chi connectivity index (χ3n) is 2.05. The molecule has 0 aliphatic carbocycles. The summed E-state index contributed by atoms with van der Waals surface area (Å²) in [6, 6.07) is 0. The Morgan fingerprint density at radius 2 is 2.21 bits per heavy atom. The largest absolute Gasteiger partial charge is 0.389 e. The molecule has 2 heterocycles. The van der Waals surface area contributed by atoms with E-state index in [9.17, 15) is 0 Å². The Hall–Kier alpha value is -1.27. The van der Waals surface area contributed by atoms with Crippen molar-refractivity contribution in [1.29, 1.82) is 0 Å². The van der Waals surface area contributed by atoms with Gasteiger partial charge < -0.3 is 5.11 Å². The van der Waals surface area contributed by atoms with E-state index in [1.807, 2.05) is 18.4 Å². The van der Waals surface area contributed by atoms with Crippen molar-refractivity contribution < 1.29 is 5.11 Å². The highest BCUT2D eigenvalue weighted by atomic mass is 32.1. The van der Waals surface area contributed by atoms with E-state index in [0.717, 1.165) is 16.5 Å². The number of aliphatic hydroxyl groups excluding tert-OH is 1. The Balaban J connectivity index is 2.44. The smallest absolute Gasteiger partial charge is 0.217 e. The number of nitrogens with zero attached hydrogens (tertiary/aromatic N) is 4. The predicted octanol–water partition coefficient (Wildman–Crippen LogP) is 0.833. The molecule has 0 fully saturated rings.